The lowest BCUT2D eigenvalue weighted by Gasteiger charge is -2.29. The van der Waals surface area contributed by atoms with E-state index in [2.05, 4.69) is 15.9 Å². The molecule has 1 aromatic carbocycles. The van der Waals surface area contributed by atoms with Crippen LogP contribution in [0.3, 0.4) is 0 Å². The third-order valence-electron chi connectivity index (χ3n) is 2.98. The van der Waals surface area contributed by atoms with E-state index < -0.39 is 10.0 Å². The fourth-order valence-electron chi connectivity index (χ4n) is 2.19. The van der Waals surface area contributed by atoms with Gasteiger partial charge in [-0.2, -0.15) is 4.31 Å². The number of hydrogen-bond donors (Lipinski definition) is 1. The van der Waals surface area contributed by atoms with Crippen LogP contribution in [0.5, 0.6) is 0 Å². The predicted octanol–water partition coefficient (Wildman–Crippen LogP) is 1.99. The Morgan fingerprint density at radius 1 is 1.35 bits per heavy atom. The maximum absolute atomic E-state index is 12.8. The minimum absolute atomic E-state index is 0.107. The van der Waals surface area contributed by atoms with Crippen LogP contribution >= 0.6 is 15.9 Å². The number of likely N-dealkylation sites (N-methyl/N-ethyl adjacent to an activating group) is 2. The summed E-state index contributed by atoms with van der Waals surface area (Å²) in [5.41, 5.74) is 6.19. The highest BCUT2D eigenvalue weighted by atomic mass is 79.9. The third kappa shape index (κ3) is 3.94. The lowest BCUT2D eigenvalue weighted by Crippen LogP contribution is -2.43. The first kappa shape index (κ1) is 17.4. The fourth-order valence-corrected chi connectivity index (χ4v) is 4.88. The number of anilines is 1. The summed E-state index contributed by atoms with van der Waals surface area (Å²) in [6.07, 6.45) is 0. The Kier molecular flexibility index (Phi) is 6.00. The first-order valence-corrected chi connectivity index (χ1v) is 8.65. The zero-order valence-electron chi connectivity index (χ0n) is 12.3. The lowest BCUT2D eigenvalue weighted by molar-refractivity contribution is 0.271. The van der Waals surface area contributed by atoms with Crippen LogP contribution in [0.25, 0.3) is 0 Å². The smallest absolute Gasteiger partial charge is 0.244 e. The van der Waals surface area contributed by atoms with Gasteiger partial charge >= 0.3 is 0 Å². The monoisotopic (exact) mass is 363 g/mol. The molecule has 0 radical (unpaired) electrons. The molecule has 7 heteroatoms. The Balaban J connectivity index is 3.18. The van der Waals surface area contributed by atoms with E-state index in [-0.39, 0.29) is 10.9 Å². The number of nitrogens with two attached hydrogens (primary N) is 1. The molecule has 1 unspecified atom stereocenters. The molecule has 0 heterocycles. The Morgan fingerprint density at radius 3 is 2.40 bits per heavy atom. The topological polar surface area (TPSA) is 66.6 Å². The van der Waals surface area contributed by atoms with Crippen molar-refractivity contribution >= 4 is 31.6 Å². The van der Waals surface area contributed by atoms with Crippen molar-refractivity contribution in [2.75, 3.05) is 32.9 Å². The molecule has 1 atom stereocenters. The van der Waals surface area contributed by atoms with Crippen LogP contribution in [-0.4, -0.2) is 50.8 Å². The summed E-state index contributed by atoms with van der Waals surface area (Å²) < 4.78 is 27.5. The molecule has 0 amide bonds. The second-order valence-electron chi connectivity index (χ2n) is 5.01. The molecule has 0 bridgehead atoms. The van der Waals surface area contributed by atoms with E-state index >= 15 is 0 Å². The minimum Gasteiger partial charge on any atom is -0.399 e. The number of rotatable bonds is 6. The molecule has 0 saturated heterocycles. The Bertz CT molecular complexity index is 561. The van der Waals surface area contributed by atoms with Crippen molar-refractivity contribution in [2.45, 2.75) is 24.8 Å². The second kappa shape index (κ2) is 6.89. The number of hydrogen-bond acceptors (Lipinski definition) is 4. The molecule has 2 N–H and O–H groups in total. The Labute approximate surface area is 129 Å². The lowest BCUT2D eigenvalue weighted by atomic mass is 10.3. The van der Waals surface area contributed by atoms with Crippen LogP contribution in [0.15, 0.2) is 27.6 Å². The van der Waals surface area contributed by atoms with Crippen molar-refractivity contribution in [2.24, 2.45) is 0 Å². The van der Waals surface area contributed by atoms with E-state index in [1.165, 1.54) is 4.31 Å². The maximum Gasteiger partial charge on any atom is 0.244 e. The first-order chi connectivity index (χ1) is 9.20. The van der Waals surface area contributed by atoms with Crippen LogP contribution in [0.2, 0.25) is 0 Å². The Morgan fingerprint density at radius 2 is 1.95 bits per heavy atom. The summed E-state index contributed by atoms with van der Waals surface area (Å²) in [5, 5.41) is 0. The molecule has 0 aliphatic carbocycles. The van der Waals surface area contributed by atoms with Crippen LogP contribution in [0, 0.1) is 0 Å². The predicted molar refractivity (Wildman–Crippen MR) is 86.1 cm³/mol. The SMILES string of the molecule is CCN(C(C)CN(C)C)S(=O)(=O)c1ccc(N)cc1Br. The van der Waals surface area contributed by atoms with Gasteiger partial charge in [0.2, 0.25) is 10.0 Å². The molecule has 114 valence electrons. The summed E-state index contributed by atoms with van der Waals surface area (Å²) in [6.45, 7) is 4.84. The van der Waals surface area contributed by atoms with E-state index in [4.69, 9.17) is 5.73 Å². The molecule has 0 aliphatic heterocycles. The van der Waals surface area contributed by atoms with Gasteiger partial charge in [-0.15, -0.1) is 0 Å². The van der Waals surface area contributed by atoms with Crippen molar-refractivity contribution in [1.82, 2.24) is 9.21 Å². The highest BCUT2D eigenvalue weighted by molar-refractivity contribution is 9.10. The van der Waals surface area contributed by atoms with Crippen molar-refractivity contribution < 1.29 is 8.42 Å². The minimum atomic E-state index is -3.54. The molecule has 5 nitrogen and oxygen atoms in total. The van der Waals surface area contributed by atoms with Crippen LogP contribution in [-0.2, 0) is 10.0 Å². The van der Waals surface area contributed by atoms with Gasteiger partial charge in [0.15, 0.2) is 0 Å². The van der Waals surface area contributed by atoms with Gasteiger partial charge in [0.05, 0.1) is 4.90 Å². The molecular weight excluding hydrogens is 342 g/mol. The summed E-state index contributed by atoms with van der Waals surface area (Å²) in [6, 6.07) is 4.64. The molecule has 1 rings (SSSR count). The molecule has 20 heavy (non-hydrogen) atoms. The van der Waals surface area contributed by atoms with E-state index in [9.17, 15) is 8.42 Å². The van der Waals surface area contributed by atoms with Gasteiger partial charge in [0.1, 0.15) is 0 Å². The molecule has 0 aliphatic rings. The van der Waals surface area contributed by atoms with Gasteiger partial charge in [-0.05, 0) is 55.1 Å². The second-order valence-corrected chi connectivity index (χ2v) is 7.72. The largest absolute Gasteiger partial charge is 0.399 e. The first-order valence-electron chi connectivity index (χ1n) is 6.41. The number of benzene rings is 1. The number of sulfonamides is 1. The number of nitrogens with zero attached hydrogens (tertiary/aromatic N) is 2. The van der Waals surface area contributed by atoms with Crippen molar-refractivity contribution in [3.05, 3.63) is 22.7 Å². The van der Waals surface area contributed by atoms with Crippen molar-refractivity contribution in [3.63, 3.8) is 0 Å². The van der Waals surface area contributed by atoms with Gasteiger partial charge < -0.3 is 10.6 Å². The normalized spacial score (nSPS) is 13.9. The molecule has 1 aromatic rings. The van der Waals surface area contributed by atoms with Crippen LogP contribution in [0.1, 0.15) is 13.8 Å². The fraction of sp³-hybridized carbons (Fsp3) is 0.538. The average Bonchev–Trinajstić information content (AvgIpc) is 2.27. The van der Waals surface area contributed by atoms with Crippen LogP contribution in [0.4, 0.5) is 5.69 Å². The highest BCUT2D eigenvalue weighted by Gasteiger charge is 2.29. The molecule has 0 saturated carbocycles. The third-order valence-corrected chi connectivity index (χ3v) is 6.04. The molecular formula is C13H22BrN3O2S. The molecule has 0 fully saturated rings. The maximum atomic E-state index is 12.8. The van der Waals surface area contributed by atoms with E-state index in [1.54, 1.807) is 18.2 Å². The molecule has 0 spiro atoms. The summed E-state index contributed by atoms with van der Waals surface area (Å²) in [4.78, 5) is 2.22. The van der Waals surface area contributed by atoms with Gasteiger partial charge in [-0.3, -0.25) is 0 Å². The summed E-state index contributed by atoms with van der Waals surface area (Å²) >= 11 is 3.28. The summed E-state index contributed by atoms with van der Waals surface area (Å²) in [7, 11) is 0.314. The van der Waals surface area contributed by atoms with E-state index in [0.29, 0.717) is 23.2 Å². The van der Waals surface area contributed by atoms with Gasteiger partial charge in [-0.25, -0.2) is 8.42 Å². The quantitative estimate of drug-likeness (QED) is 0.784. The van der Waals surface area contributed by atoms with Gasteiger partial charge in [0.25, 0.3) is 0 Å². The highest BCUT2D eigenvalue weighted by Crippen LogP contribution is 2.28. The van der Waals surface area contributed by atoms with Crippen LogP contribution < -0.4 is 5.73 Å². The average molecular weight is 364 g/mol. The summed E-state index contributed by atoms with van der Waals surface area (Å²) in [5.74, 6) is 0. The zero-order chi connectivity index (χ0) is 15.5. The number of nitrogen functional groups attached to an aromatic ring is 1. The Hall–Kier alpha value is -0.630. The van der Waals surface area contributed by atoms with Gasteiger partial charge in [-0.1, -0.05) is 6.92 Å². The zero-order valence-corrected chi connectivity index (χ0v) is 14.7. The van der Waals surface area contributed by atoms with E-state index in [1.807, 2.05) is 32.8 Å². The van der Waals surface area contributed by atoms with Crippen molar-refractivity contribution in [1.29, 1.82) is 0 Å². The van der Waals surface area contributed by atoms with Gasteiger partial charge in [0, 0.05) is 29.3 Å². The van der Waals surface area contributed by atoms with Crippen molar-refractivity contribution in [3.8, 4) is 0 Å². The molecule has 0 aromatic heterocycles. The standard InChI is InChI=1S/C13H22BrN3O2S/c1-5-17(10(2)9-16(3)4)20(18,19)13-7-6-11(15)8-12(13)14/h6-8,10H,5,9,15H2,1-4H3. The number of halogens is 1. The van der Waals surface area contributed by atoms with E-state index in [0.717, 1.165) is 0 Å².